The minimum absolute atomic E-state index is 0. The van der Waals surface area contributed by atoms with Crippen molar-refractivity contribution in [2.45, 2.75) is 144 Å². The molecule has 0 atom stereocenters. The van der Waals surface area contributed by atoms with Gasteiger partial charge >= 0.3 is 280 Å². The van der Waals surface area contributed by atoms with Gasteiger partial charge in [-0.15, -0.1) is 0 Å². The second-order valence-corrected chi connectivity index (χ2v) is 29.0. The molecule has 0 spiro atoms. The summed E-state index contributed by atoms with van der Waals surface area (Å²) >= 11 is -3.01. The van der Waals surface area contributed by atoms with Crippen LogP contribution in [0.2, 0.25) is 9.26 Å². The minimum atomic E-state index is -2.28. The molecule has 4 aliphatic carbocycles. The van der Waals surface area contributed by atoms with Crippen molar-refractivity contribution >= 4 is 0 Å². The molecule has 0 unspecified atom stereocenters. The van der Waals surface area contributed by atoms with Crippen LogP contribution in [0.4, 0.5) is 0 Å². The first-order chi connectivity index (χ1) is 19.5. The van der Waals surface area contributed by atoms with E-state index < -0.39 is 43.5 Å². The van der Waals surface area contributed by atoms with Crippen molar-refractivity contribution in [2.24, 2.45) is 10.8 Å². The van der Waals surface area contributed by atoms with Gasteiger partial charge in [0.1, 0.15) is 0 Å². The molecule has 0 bridgehead atoms. The smallest absolute Gasteiger partial charge is 1.00 e. The average Bonchev–Trinajstić information content (AvgIpc) is 3.68. The Morgan fingerprint density at radius 1 is 0.614 bits per heavy atom. The van der Waals surface area contributed by atoms with Crippen LogP contribution in [-0.2, 0) is 43.5 Å². The van der Waals surface area contributed by atoms with Crippen LogP contribution in [0.1, 0.15) is 134 Å². The molecule has 0 aromatic carbocycles. The molecule has 4 rings (SSSR count). The summed E-state index contributed by atoms with van der Waals surface area (Å²) in [5, 5.41) is 0. The molecule has 0 nitrogen and oxygen atoms in total. The second-order valence-electron chi connectivity index (χ2n) is 14.9. The van der Waals surface area contributed by atoms with Crippen LogP contribution in [0.25, 0.3) is 0 Å². The largest absolute Gasteiger partial charge is 1.00 e. The molecule has 0 radical (unpaired) electrons. The second kappa shape index (κ2) is 17.1. The van der Waals surface area contributed by atoms with Gasteiger partial charge in [-0.3, -0.25) is 0 Å². The summed E-state index contributed by atoms with van der Waals surface area (Å²) in [5.41, 5.74) is 13.5. The Labute approximate surface area is 302 Å². The number of hydrogen-bond donors (Lipinski definition) is 0. The van der Waals surface area contributed by atoms with Crippen LogP contribution < -0.4 is 24.8 Å². The minimum Gasteiger partial charge on any atom is -1.00 e. The predicted octanol–water partition coefficient (Wildman–Crippen LogP) is 7.42. The van der Waals surface area contributed by atoms with E-state index >= 15 is 0 Å². The zero-order chi connectivity index (χ0) is 31.6. The number of halogens is 2. The summed E-state index contributed by atoms with van der Waals surface area (Å²) in [6.07, 6.45) is 20.2. The van der Waals surface area contributed by atoms with E-state index in [4.69, 9.17) is 0 Å². The molecule has 4 heteroatoms. The number of unbranched alkanes of at least 4 members (excludes halogenated alkanes) is 2. The molecule has 0 aliphatic heterocycles. The first-order valence-corrected chi connectivity index (χ1v) is 26.7. The molecular formula is C40H62Cl2Zr2. The number of rotatable bonds is 10. The van der Waals surface area contributed by atoms with Gasteiger partial charge in [0.15, 0.2) is 0 Å². The molecule has 0 aromatic heterocycles. The third-order valence-electron chi connectivity index (χ3n) is 11.5. The van der Waals surface area contributed by atoms with Gasteiger partial charge in [-0.1, -0.05) is 0 Å². The monoisotopic (exact) mass is 792 g/mol. The van der Waals surface area contributed by atoms with Gasteiger partial charge in [-0.25, -0.2) is 0 Å². The van der Waals surface area contributed by atoms with E-state index in [0.29, 0.717) is 0 Å². The molecular weight excluding hydrogens is 734 g/mol. The summed E-state index contributed by atoms with van der Waals surface area (Å²) in [4.78, 5) is 0. The Hall–Kier alpha value is 0.266. The van der Waals surface area contributed by atoms with Crippen LogP contribution in [0, 0.1) is 10.8 Å². The Morgan fingerprint density at radius 2 is 0.955 bits per heavy atom. The van der Waals surface area contributed by atoms with E-state index in [0.717, 1.165) is 0 Å². The number of allylic oxidation sites excluding steroid dienone is 16. The molecule has 0 aromatic rings. The van der Waals surface area contributed by atoms with Gasteiger partial charge in [0.2, 0.25) is 0 Å². The van der Waals surface area contributed by atoms with Gasteiger partial charge in [-0.05, 0) is 0 Å². The molecule has 0 saturated heterocycles. The van der Waals surface area contributed by atoms with Gasteiger partial charge < -0.3 is 24.8 Å². The van der Waals surface area contributed by atoms with Gasteiger partial charge in [0.05, 0.1) is 0 Å². The number of hydrogen-bond acceptors (Lipinski definition) is 0. The van der Waals surface area contributed by atoms with Crippen molar-refractivity contribution in [3.63, 3.8) is 0 Å². The van der Waals surface area contributed by atoms with Crippen molar-refractivity contribution in [3.05, 3.63) is 82.0 Å². The first kappa shape index (κ1) is 42.3. The molecule has 0 saturated carbocycles. The van der Waals surface area contributed by atoms with E-state index in [2.05, 4.69) is 117 Å². The third-order valence-corrected chi connectivity index (χ3v) is 27.7. The first-order valence-electron chi connectivity index (χ1n) is 16.9. The zero-order valence-electron chi connectivity index (χ0n) is 30.7. The van der Waals surface area contributed by atoms with Crippen LogP contribution in [-0.4, -0.2) is 0 Å². The van der Waals surface area contributed by atoms with E-state index in [-0.39, 0.29) is 35.6 Å². The fourth-order valence-electron chi connectivity index (χ4n) is 7.61. The van der Waals surface area contributed by atoms with Crippen molar-refractivity contribution in [3.8, 4) is 0 Å². The average molecular weight is 796 g/mol. The van der Waals surface area contributed by atoms with E-state index in [1.54, 1.807) is 51.1 Å². The van der Waals surface area contributed by atoms with Crippen LogP contribution in [0.15, 0.2) is 82.0 Å². The fraction of sp³-hybridized carbons (Fsp3) is 0.600. The topological polar surface area (TPSA) is 0 Å². The Balaban J connectivity index is 0.000000421. The molecule has 0 amide bonds. The van der Waals surface area contributed by atoms with Gasteiger partial charge in [0.25, 0.3) is 0 Å². The summed E-state index contributed by atoms with van der Waals surface area (Å²) in [7, 11) is 0. The van der Waals surface area contributed by atoms with E-state index in [1.165, 1.54) is 51.4 Å². The van der Waals surface area contributed by atoms with Crippen molar-refractivity contribution in [1.82, 2.24) is 0 Å². The molecule has 44 heavy (non-hydrogen) atoms. The SMILES string of the molecule is CC1=C(C)C(C)(C)[C]([Zr+2][C]2=C(C)C(C)=C(C)C2(C)C)=C1C.CCCCC1=[C]([Zr]([CH3])([CH3])[C]2=C(CCCC)C=CC2)CC=C1.[Cl-].[Cl-]. The molecule has 244 valence electrons. The molecule has 0 fully saturated rings. The Morgan fingerprint density at radius 3 is 1.23 bits per heavy atom. The van der Waals surface area contributed by atoms with Gasteiger partial charge in [0, 0.05) is 0 Å². The van der Waals surface area contributed by atoms with E-state index in [9.17, 15) is 0 Å². The summed E-state index contributed by atoms with van der Waals surface area (Å²) < 4.78 is 12.7. The predicted molar refractivity (Wildman–Crippen MR) is 182 cm³/mol. The third kappa shape index (κ3) is 8.45. The van der Waals surface area contributed by atoms with E-state index in [1.807, 2.05) is 6.56 Å². The maximum atomic E-state index is 2.66. The summed E-state index contributed by atoms with van der Waals surface area (Å²) in [5.74, 6) is 0. The van der Waals surface area contributed by atoms with Crippen molar-refractivity contribution in [1.29, 1.82) is 0 Å². The van der Waals surface area contributed by atoms with Gasteiger partial charge in [-0.2, -0.15) is 0 Å². The standard InChI is InChI=1S/2C10H15.2C9H13.2CH3.2ClH.2Zr/c2*1-7-6-10(4,5)9(3)8(7)2;2*1-2-3-6-9-7-4-5-8-9;;;;;;/h2*1-5H3;2*4,7H,2-3,5-6H2,1H3;2*1H3;2*1H;;/q;;;;;;;;;+2/p-2. The van der Waals surface area contributed by atoms with Crippen LogP contribution in [0.5, 0.6) is 0 Å². The molecule has 0 N–H and O–H groups in total. The zero-order valence-corrected chi connectivity index (χ0v) is 37.2. The normalized spacial score (nSPS) is 20.5. The van der Waals surface area contributed by atoms with Crippen molar-refractivity contribution in [2.75, 3.05) is 0 Å². The van der Waals surface area contributed by atoms with Crippen LogP contribution >= 0.6 is 0 Å². The maximum absolute atomic E-state index is 2.66. The Kier molecular flexibility index (Phi) is 16.4. The summed E-state index contributed by atoms with van der Waals surface area (Å²) in [6.45, 7) is 28.4. The molecule has 4 aliphatic rings. The molecule has 0 heterocycles. The summed E-state index contributed by atoms with van der Waals surface area (Å²) in [6, 6.07) is 0. The van der Waals surface area contributed by atoms with Crippen LogP contribution in [0.3, 0.4) is 0 Å². The Bertz CT molecular complexity index is 1230. The van der Waals surface area contributed by atoms with Crippen molar-refractivity contribution < 1.29 is 68.3 Å². The fourth-order valence-corrected chi connectivity index (χ4v) is 21.5. The maximum Gasteiger partial charge on any atom is -1.00 e. The quantitative estimate of drug-likeness (QED) is 0.216.